The number of rotatable bonds is 7. The van der Waals surface area contributed by atoms with E-state index >= 15 is 0 Å². The lowest BCUT2D eigenvalue weighted by Crippen LogP contribution is -2.40. The van der Waals surface area contributed by atoms with Crippen LogP contribution in [0.2, 0.25) is 0 Å². The van der Waals surface area contributed by atoms with Crippen molar-refractivity contribution in [1.82, 2.24) is 19.8 Å². The topological polar surface area (TPSA) is 105 Å². The summed E-state index contributed by atoms with van der Waals surface area (Å²) < 4.78 is 45.9. The number of sulfonamides is 1. The van der Waals surface area contributed by atoms with Crippen molar-refractivity contribution < 1.29 is 22.1 Å². The number of nitrogens with one attached hydrogen (secondary N) is 1. The van der Waals surface area contributed by atoms with Gasteiger partial charge in [0.25, 0.3) is 0 Å². The molecule has 4 rings (SSSR count). The number of piperidine rings is 1. The van der Waals surface area contributed by atoms with Crippen LogP contribution in [0.25, 0.3) is 11.4 Å². The summed E-state index contributed by atoms with van der Waals surface area (Å²) in [5, 5.41) is 3.95. The second-order valence-electron chi connectivity index (χ2n) is 7.61. The van der Waals surface area contributed by atoms with Crippen molar-refractivity contribution in [3.05, 3.63) is 66.3 Å². The summed E-state index contributed by atoms with van der Waals surface area (Å²) in [6, 6.07) is 14.0. The summed E-state index contributed by atoms with van der Waals surface area (Å²) in [5.41, 5.74) is 0.523. The van der Waals surface area contributed by atoms with Gasteiger partial charge in [0.15, 0.2) is 0 Å². The molecule has 1 amide bonds. The zero-order chi connectivity index (χ0) is 22.6. The minimum absolute atomic E-state index is 0.0154. The number of hydrogen-bond acceptors (Lipinski definition) is 6. The number of amides is 1. The van der Waals surface area contributed by atoms with Crippen LogP contribution in [0.3, 0.4) is 0 Å². The first-order valence-electron chi connectivity index (χ1n) is 10.3. The summed E-state index contributed by atoms with van der Waals surface area (Å²) >= 11 is 0. The maximum absolute atomic E-state index is 13.5. The van der Waals surface area contributed by atoms with Crippen LogP contribution < -0.4 is 4.72 Å². The van der Waals surface area contributed by atoms with Crippen molar-refractivity contribution in [1.29, 1.82) is 0 Å². The SMILES string of the molecule is O=C(CCNS(=O)(=O)c1ccccc1)N1CCCC(c2nc(-c3cccc(F)c3)no2)C1. The van der Waals surface area contributed by atoms with Crippen LogP contribution in [-0.2, 0) is 14.8 Å². The molecule has 0 radical (unpaired) electrons. The van der Waals surface area contributed by atoms with E-state index in [1.165, 1.54) is 24.3 Å². The number of hydrogen-bond donors (Lipinski definition) is 1. The van der Waals surface area contributed by atoms with E-state index in [2.05, 4.69) is 14.9 Å². The molecule has 0 aliphatic carbocycles. The minimum Gasteiger partial charge on any atom is -0.342 e. The maximum Gasteiger partial charge on any atom is 0.240 e. The maximum atomic E-state index is 13.5. The fraction of sp³-hybridized carbons (Fsp3) is 0.318. The summed E-state index contributed by atoms with van der Waals surface area (Å²) in [6.07, 6.45) is 1.61. The summed E-state index contributed by atoms with van der Waals surface area (Å²) in [4.78, 5) is 18.9. The molecule has 10 heteroatoms. The zero-order valence-electron chi connectivity index (χ0n) is 17.3. The van der Waals surface area contributed by atoms with Gasteiger partial charge in [-0.15, -0.1) is 0 Å². The Balaban J connectivity index is 1.33. The molecule has 1 aromatic heterocycles. The molecule has 1 aliphatic rings. The molecule has 1 aliphatic heterocycles. The van der Waals surface area contributed by atoms with E-state index in [4.69, 9.17) is 4.52 Å². The molecule has 8 nitrogen and oxygen atoms in total. The molecular formula is C22H23FN4O4S. The Labute approximate surface area is 185 Å². The first kappa shape index (κ1) is 22.1. The smallest absolute Gasteiger partial charge is 0.240 e. The molecule has 168 valence electrons. The Hall–Kier alpha value is -3.11. The average Bonchev–Trinajstić information content (AvgIpc) is 3.30. The highest BCUT2D eigenvalue weighted by Crippen LogP contribution is 2.28. The number of likely N-dealkylation sites (tertiary alicyclic amines) is 1. The van der Waals surface area contributed by atoms with Crippen molar-refractivity contribution in [2.24, 2.45) is 0 Å². The molecule has 0 saturated carbocycles. The monoisotopic (exact) mass is 458 g/mol. The van der Waals surface area contributed by atoms with Gasteiger partial charge in [-0.25, -0.2) is 17.5 Å². The number of halogens is 1. The van der Waals surface area contributed by atoms with Gasteiger partial charge in [-0.3, -0.25) is 4.79 Å². The van der Waals surface area contributed by atoms with Crippen molar-refractivity contribution >= 4 is 15.9 Å². The molecule has 32 heavy (non-hydrogen) atoms. The molecular weight excluding hydrogens is 435 g/mol. The highest BCUT2D eigenvalue weighted by molar-refractivity contribution is 7.89. The quantitative estimate of drug-likeness (QED) is 0.584. The van der Waals surface area contributed by atoms with Crippen LogP contribution in [-0.4, -0.2) is 49.0 Å². The highest BCUT2D eigenvalue weighted by Gasteiger charge is 2.28. The fourth-order valence-corrected chi connectivity index (χ4v) is 4.74. The molecule has 1 saturated heterocycles. The van der Waals surface area contributed by atoms with Crippen LogP contribution in [0.15, 0.2) is 64.0 Å². The summed E-state index contributed by atoms with van der Waals surface area (Å²) in [7, 11) is -3.65. The molecule has 3 aromatic rings. The fourth-order valence-electron chi connectivity index (χ4n) is 3.68. The molecule has 2 aromatic carbocycles. The van der Waals surface area contributed by atoms with Gasteiger partial charge in [-0.1, -0.05) is 35.5 Å². The lowest BCUT2D eigenvalue weighted by Gasteiger charge is -2.31. The Morgan fingerprint density at radius 3 is 2.78 bits per heavy atom. The van der Waals surface area contributed by atoms with Gasteiger partial charge < -0.3 is 9.42 Å². The van der Waals surface area contributed by atoms with Gasteiger partial charge >= 0.3 is 0 Å². The van der Waals surface area contributed by atoms with Crippen molar-refractivity contribution in [2.45, 2.75) is 30.1 Å². The van der Waals surface area contributed by atoms with Gasteiger partial charge in [0.1, 0.15) is 5.82 Å². The predicted octanol–water partition coefficient (Wildman–Crippen LogP) is 2.95. The minimum atomic E-state index is -3.65. The first-order valence-corrected chi connectivity index (χ1v) is 11.8. The summed E-state index contributed by atoms with van der Waals surface area (Å²) in [5.74, 6) is 0.0647. The molecule has 0 spiro atoms. The number of aromatic nitrogens is 2. The number of carbonyl (C=O) groups excluding carboxylic acids is 1. The average molecular weight is 459 g/mol. The first-order chi connectivity index (χ1) is 15.4. The number of benzene rings is 2. The van der Waals surface area contributed by atoms with Gasteiger partial charge in [-0.2, -0.15) is 4.98 Å². The van der Waals surface area contributed by atoms with Gasteiger partial charge in [0.2, 0.25) is 27.6 Å². The van der Waals surface area contributed by atoms with Crippen molar-refractivity contribution in [3.8, 4) is 11.4 Å². The van der Waals surface area contributed by atoms with E-state index < -0.39 is 10.0 Å². The summed E-state index contributed by atoms with van der Waals surface area (Å²) in [6.45, 7) is 1.02. The van der Waals surface area contributed by atoms with Gasteiger partial charge in [-0.05, 0) is 37.1 Å². The lowest BCUT2D eigenvalue weighted by atomic mass is 9.97. The Bertz CT molecular complexity index is 1180. The highest BCUT2D eigenvalue weighted by atomic mass is 32.2. The molecule has 2 heterocycles. The Morgan fingerprint density at radius 1 is 1.19 bits per heavy atom. The molecule has 1 atom stereocenters. The molecule has 1 fully saturated rings. The third-order valence-electron chi connectivity index (χ3n) is 5.33. The number of nitrogens with zero attached hydrogens (tertiary/aromatic N) is 3. The van der Waals surface area contributed by atoms with Crippen LogP contribution in [0.1, 0.15) is 31.1 Å². The zero-order valence-corrected chi connectivity index (χ0v) is 18.1. The second-order valence-corrected chi connectivity index (χ2v) is 9.37. The largest absolute Gasteiger partial charge is 0.342 e. The van der Waals surface area contributed by atoms with E-state index in [9.17, 15) is 17.6 Å². The second kappa shape index (κ2) is 9.58. The molecule has 1 N–H and O–H groups in total. The third-order valence-corrected chi connectivity index (χ3v) is 6.81. The lowest BCUT2D eigenvalue weighted by molar-refractivity contribution is -0.132. The van der Waals surface area contributed by atoms with Crippen LogP contribution in [0.4, 0.5) is 4.39 Å². The Kier molecular flexibility index (Phi) is 6.61. The molecule has 0 bridgehead atoms. The van der Waals surface area contributed by atoms with Crippen molar-refractivity contribution in [3.63, 3.8) is 0 Å². The van der Waals surface area contributed by atoms with E-state index in [1.54, 1.807) is 35.2 Å². The Morgan fingerprint density at radius 2 is 2.00 bits per heavy atom. The number of carbonyl (C=O) groups is 1. The van der Waals surface area contributed by atoms with Crippen molar-refractivity contribution in [2.75, 3.05) is 19.6 Å². The van der Waals surface area contributed by atoms with Gasteiger partial charge in [0, 0.05) is 31.6 Å². The van der Waals surface area contributed by atoms with E-state index in [0.29, 0.717) is 30.4 Å². The molecule has 1 unspecified atom stereocenters. The normalized spacial score (nSPS) is 16.8. The van der Waals surface area contributed by atoms with Crippen LogP contribution in [0, 0.1) is 5.82 Å². The van der Waals surface area contributed by atoms with Crippen LogP contribution >= 0.6 is 0 Å². The standard InChI is InChI=1S/C22H23FN4O4S/c23-18-8-4-6-16(14-18)21-25-22(31-26-21)17-7-5-13-27(15-17)20(28)11-12-24-32(29,30)19-9-2-1-3-10-19/h1-4,6,8-10,14,17,24H,5,7,11-13,15H2. The predicted molar refractivity (Wildman–Crippen MR) is 114 cm³/mol. The third kappa shape index (κ3) is 5.20. The van der Waals surface area contributed by atoms with E-state index in [0.717, 1.165) is 12.8 Å². The van der Waals surface area contributed by atoms with E-state index in [-0.39, 0.29) is 35.5 Å². The van der Waals surface area contributed by atoms with Crippen LogP contribution in [0.5, 0.6) is 0 Å². The van der Waals surface area contributed by atoms with Gasteiger partial charge in [0.05, 0.1) is 10.8 Å². The van der Waals surface area contributed by atoms with E-state index in [1.807, 2.05) is 0 Å².